The SMILES string of the molecule is CCCC(N)C(=O)N1CCN(S(=O)(=O)c2c(C)c(C)cc(C)c2C)CC1.Cl. The normalized spacial score (nSPS) is 16.7. The number of nitrogens with two attached hydrogens (primary N) is 1. The highest BCUT2D eigenvalue weighted by atomic mass is 35.5. The van der Waals surface area contributed by atoms with Crippen LogP contribution in [-0.4, -0.2) is 55.8 Å². The van der Waals surface area contributed by atoms with Crippen LogP contribution in [0.4, 0.5) is 0 Å². The summed E-state index contributed by atoms with van der Waals surface area (Å²) in [5.41, 5.74) is 9.48. The third kappa shape index (κ3) is 4.83. The fourth-order valence-corrected chi connectivity index (χ4v) is 5.51. The molecular formula is C19H32ClN3O3S. The van der Waals surface area contributed by atoms with Crippen LogP contribution < -0.4 is 5.73 Å². The average molecular weight is 418 g/mol. The first kappa shape index (κ1) is 23.9. The fraction of sp³-hybridized carbons (Fsp3) is 0.632. The Morgan fingerprint density at radius 3 is 2.00 bits per heavy atom. The molecule has 1 saturated heterocycles. The molecule has 154 valence electrons. The number of aryl methyl sites for hydroxylation is 2. The number of nitrogens with zero attached hydrogens (tertiary/aromatic N) is 2. The second-order valence-corrected chi connectivity index (χ2v) is 9.09. The van der Waals surface area contributed by atoms with Crippen molar-refractivity contribution in [2.24, 2.45) is 5.73 Å². The summed E-state index contributed by atoms with van der Waals surface area (Å²) in [4.78, 5) is 14.4. The lowest BCUT2D eigenvalue weighted by atomic mass is 10.0. The average Bonchev–Trinajstić information content (AvgIpc) is 2.59. The standard InChI is InChI=1S/C19H31N3O3S.ClH/c1-6-7-17(20)19(23)21-8-10-22(11-9-21)26(24,25)18-15(4)13(2)12-14(3)16(18)5;/h12,17H,6-11,20H2,1-5H3;1H. The van der Waals surface area contributed by atoms with Gasteiger partial charge in [-0.2, -0.15) is 4.31 Å². The largest absolute Gasteiger partial charge is 0.339 e. The third-order valence-electron chi connectivity index (χ3n) is 5.36. The highest BCUT2D eigenvalue weighted by Crippen LogP contribution is 2.29. The zero-order chi connectivity index (χ0) is 19.6. The highest BCUT2D eigenvalue weighted by molar-refractivity contribution is 7.89. The van der Waals surface area contributed by atoms with Crippen LogP contribution in [0, 0.1) is 27.7 Å². The van der Waals surface area contributed by atoms with E-state index in [4.69, 9.17) is 5.73 Å². The van der Waals surface area contributed by atoms with Gasteiger partial charge in [0.15, 0.2) is 0 Å². The van der Waals surface area contributed by atoms with Gasteiger partial charge in [0, 0.05) is 26.2 Å². The topological polar surface area (TPSA) is 83.7 Å². The molecule has 1 amide bonds. The molecule has 1 aromatic carbocycles. The predicted molar refractivity (Wildman–Crippen MR) is 111 cm³/mol. The van der Waals surface area contributed by atoms with E-state index in [1.165, 1.54) is 4.31 Å². The summed E-state index contributed by atoms with van der Waals surface area (Å²) in [6.45, 7) is 11.0. The second kappa shape index (κ2) is 9.37. The van der Waals surface area contributed by atoms with E-state index in [1.807, 2.05) is 40.7 Å². The molecule has 1 fully saturated rings. The number of sulfonamides is 1. The number of carbonyl (C=O) groups is 1. The summed E-state index contributed by atoms with van der Waals surface area (Å²) in [6, 6.07) is 1.53. The Balaban J connectivity index is 0.00000364. The number of rotatable bonds is 5. The van der Waals surface area contributed by atoms with E-state index in [-0.39, 0.29) is 18.3 Å². The lowest BCUT2D eigenvalue weighted by molar-refractivity contribution is -0.133. The molecule has 0 bridgehead atoms. The molecule has 6 nitrogen and oxygen atoms in total. The van der Waals surface area contributed by atoms with Gasteiger partial charge in [-0.15, -0.1) is 12.4 Å². The molecule has 0 aliphatic carbocycles. The van der Waals surface area contributed by atoms with Gasteiger partial charge in [0.1, 0.15) is 0 Å². The van der Waals surface area contributed by atoms with Crippen LogP contribution in [0.3, 0.4) is 0 Å². The molecular weight excluding hydrogens is 386 g/mol. The van der Waals surface area contributed by atoms with Crippen LogP contribution in [0.2, 0.25) is 0 Å². The van der Waals surface area contributed by atoms with E-state index < -0.39 is 16.1 Å². The van der Waals surface area contributed by atoms with E-state index in [1.54, 1.807) is 4.90 Å². The van der Waals surface area contributed by atoms with Gasteiger partial charge in [0.05, 0.1) is 10.9 Å². The molecule has 0 saturated carbocycles. The molecule has 1 heterocycles. The molecule has 27 heavy (non-hydrogen) atoms. The van der Waals surface area contributed by atoms with Crippen molar-refractivity contribution in [3.8, 4) is 0 Å². The minimum Gasteiger partial charge on any atom is -0.339 e. The Morgan fingerprint density at radius 1 is 1.07 bits per heavy atom. The van der Waals surface area contributed by atoms with Gasteiger partial charge in [-0.05, 0) is 56.4 Å². The van der Waals surface area contributed by atoms with E-state index in [9.17, 15) is 13.2 Å². The number of piperazine rings is 1. The first-order valence-corrected chi connectivity index (χ1v) is 10.7. The molecule has 1 atom stereocenters. The molecule has 1 unspecified atom stereocenters. The van der Waals surface area contributed by atoms with Crippen molar-refractivity contribution in [3.63, 3.8) is 0 Å². The molecule has 1 aromatic rings. The third-order valence-corrected chi connectivity index (χ3v) is 7.54. The predicted octanol–water partition coefficient (Wildman–Crippen LogP) is 2.30. The van der Waals surface area contributed by atoms with Gasteiger partial charge < -0.3 is 10.6 Å². The van der Waals surface area contributed by atoms with Crippen molar-refractivity contribution in [2.75, 3.05) is 26.2 Å². The lowest BCUT2D eigenvalue weighted by Crippen LogP contribution is -2.54. The quantitative estimate of drug-likeness (QED) is 0.796. The monoisotopic (exact) mass is 417 g/mol. The van der Waals surface area contributed by atoms with Crippen molar-refractivity contribution in [3.05, 3.63) is 28.3 Å². The molecule has 0 spiro atoms. The zero-order valence-electron chi connectivity index (χ0n) is 16.9. The molecule has 0 aromatic heterocycles. The second-order valence-electron chi connectivity index (χ2n) is 7.21. The van der Waals surface area contributed by atoms with Gasteiger partial charge >= 0.3 is 0 Å². The minimum atomic E-state index is -3.58. The number of benzene rings is 1. The van der Waals surface area contributed by atoms with E-state index in [0.717, 1.165) is 28.7 Å². The molecule has 2 N–H and O–H groups in total. The summed E-state index contributed by atoms with van der Waals surface area (Å²) in [5, 5.41) is 0. The summed E-state index contributed by atoms with van der Waals surface area (Å²) >= 11 is 0. The van der Waals surface area contributed by atoms with Crippen molar-refractivity contribution >= 4 is 28.3 Å². The minimum absolute atomic E-state index is 0. The van der Waals surface area contributed by atoms with Crippen molar-refractivity contribution in [1.29, 1.82) is 0 Å². The maximum absolute atomic E-state index is 13.2. The van der Waals surface area contributed by atoms with Crippen LogP contribution in [-0.2, 0) is 14.8 Å². The first-order chi connectivity index (χ1) is 12.1. The summed E-state index contributed by atoms with van der Waals surface area (Å²) in [6.07, 6.45) is 1.50. The highest BCUT2D eigenvalue weighted by Gasteiger charge is 2.33. The Hall–Kier alpha value is -1.15. The van der Waals surface area contributed by atoms with Crippen LogP contribution in [0.1, 0.15) is 42.0 Å². The molecule has 8 heteroatoms. The Bertz CT molecular complexity index is 762. The van der Waals surface area contributed by atoms with E-state index >= 15 is 0 Å². The van der Waals surface area contributed by atoms with E-state index in [2.05, 4.69) is 0 Å². The number of hydrogen-bond acceptors (Lipinski definition) is 4. The summed E-state index contributed by atoms with van der Waals surface area (Å²) < 4.78 is 28.0. The molecule has 0 radical (unpaired) electrons. The molecule has 1 aliphatic rings. The first-order valence-electron chi connectivity index (χ1n) is 9.23. The van der Waals surface area contributed by atoms with Crippen molar-refractivity contribution in [1.82, 2.24) is 9.21 Å². The van der Waals surface area contributed by atoms with Gasteiger partial charge in [-0.1, -0.05) is 19.4 Å². The Kier molecular flexibility index (Phi) is 8.29. The lowest BCUT2D eigenvalue weighted by Gasteiger charge is -2.35. The van der Waals surface area contributed by atoms with Gasteiger partial charge in [-0.25, -0.2) is 8.42 Å². The van der Waals surface area contributed by atoms with Crippen LogP contribution in [0.25, 0.3) is 0 Å². The van der Waals surface area contributed by atoms with Crippen LogP contribution in [0.15, 0.2) is 11.0 Å². The number of amides is 1. The van der Waals surface area contributed by atoms with Crippen LogP contribution in [0.5, 0.6) is 0 Å². The Morgan fingerprint density at radius 2 is 1.56 bits per heavy atom. The van der Waals surface area contributed by atoms with Crippen LogP contribution >= 0.6 is 12.4 Å². The smallest absolute Gasteiger partial charge is 0.243 e. The van der Waals surface area contributed by atoms with Gasteiger partial charge in [-0.3, -0.25) is 4.79 Å². The molecule has 2 rings (SSSR count). The zero-order valence-corrected chi connectivity index (χ0v) is 18.5. The summed E-state index contributed by atoms with van der Waals surface area (Å²) in [7, 11) is -3.58. The van der Waals surface area contributed by atoms with Gasteiger partial charge in [0.2, 0.25) is 15.9 Å². The maximum Gasteiger partial charge on any atom is 0.243 e. The molecule has 1 aliphatic heterocycles. The summed E-state index contributed by atoms with van der Waals surface area (Å²) in [5.74, 6) is -0.0809. The number of carbonyl (C=O) groups excluding carboxylic acids is 1. The fourth-order valence-electron chi connectivity index (χ4n) is 3.51. The maximum atomic E-state index is 13.2. The number of halogens is 1. The van der Waals surface area contributed by atoms with Crippen molar-refractivity contribution < 1.29 is 13.2 Å². The Labute approximate surface area is 169 Å². The van der Waals surface area contributed by atoms with E-state index in [0.29, 0.717) is 37.5 Å². The van der Waals surface area contributed by atoms with Gasteiger partial charge in [0.25, 0.3) is 0 Å². The van der Waals surface area contributed by atoms with Crippen molar-refractivity contribution in [2.45, 2.75) is 58.4 Å². The number of hydrogen-bond donors (Lipinski definition) is 1.